The Bertz CT molecular complexity index is 424. The summed E-state index contributed by atoms with van der Waals surface area (Å²) < 4.78 is 5.69. The van der Waals surface area contributed by atoms with Gasteiger partial charge in [-0.2, -0.15) is 0 Å². The second-order valence-corrected chi connectivity index (χ2v) is 5.13. The zero-order chi connectivity index (χ0) is 15.0. The molecule has 21 heavy (non-hydrogen) atoms. The minimum Gasteiger partial charge on any atom is -0.481 e. The van der Waals surface area contributed by atoms with Gasteiger partial charge < -0.3 is 15.4 Å². The van der Waals surface area contributed by atoms with Crippen LogP contribution in [0.25, 0.3) is 0 Å². The molecule has 2 N–H and O–H groups in total. The molecule has 1 rings (SSSR count). The van der Waals surface area contributed by atoms with Crippen LogP contribution in [-0.2, 0) is 4.79 Å². The van der Waals surface area contributed by atoms with E-state index in [2.05, 4.69) is 30.5 Å². The lowest BCUT2D eigenvalue weighted by atomic mass is 10.0. The van der Waals surface area contributed by atoms with Gasteiger partial charge in [0.2, 0.25) is 0 Å². The number of amides is 1. The predicted molar refractivity (Wildman–Crippen MR) is 89.4 cm³/mol. The van der Waals surface area contributed by atoms with Crippen LogP contribution < -0.4 is 15.4 Å². The highest BCUT2D eigenvalue weighted by Gasteiger charge is 2.14. The molecule has 0 spiro atoms. The smallest absolute Gasteiger partial charge is 0.260 e. The number of benzene rings is 1. The van der Waals surface area contributed by atoms with E-state index in [4.69, 9.17) is 4.74 Å². The fraction of sp³-hybridized carbons (Fsp3) is 0.562. The van der Waals surface area contributed by atoms with E-state index >= 15 is 0 Å². The molecule has 0 fully saturated rings. The number of hydrogen-bond acceptors (Lipinski definition) is 3. The van der Waals surface area contributed by atoms with Gasteiger partial charge in [-0.25, -0.2) is 0 Å². The molecule has 0 saturated heterocycles. The lowest BCUT2D eigenvalue weighted by molar-refractivity contribution is -0.127. The van der Waals surface area contributed by atoms with Crippen LogP contribution in [0.1, 0.15) is 39.2 Å². The predicted octanol–water partition coefficient (Wildman–Crippen LogP) is 2.72. The topological polar surface area (TPSA) is 50.4 Å². The minimum absolute atomic E-state index is 0. The SMILES string of the molecule is CCNCCNC(=O)C(C)Oc1cccc(C(C)C)c1.Cl. The lowest BCUT2D eigenvalue weighted by Gasteiger charge is -2.16. The number of likely N-dealkylation sites (N-methyl/N-ethyl adjacent to an activating group) is 1. The summed E-state index contributed by atoms with van der Waals surface area (Å²) in [6.07, 6.45) is -0.487. The Morgan fingerprint density at radius 1 is 1.24 bits per heavy atom. The van der Waals surface area contributed by atoms with Crippen molar-refractivity contribution >= 4 is 18.3 Å². The van der Waals surface area contributed by atoms with Gasteiger partial charge in [-0.05, 0) is 37.1 Å². The van der Waals surface area contributed by atoms with Crippen molar-refractivity contribution in [3.8, 4) is 5.75 Å². The third-order valence-corrected chi connectivity index (χ3v) is 3.06. The van der Waals surface area contributed by atoms with Gasteiger partial charge in [0, 0.05) is 13.1 Å². The third-order valence-electron chi connectivity index (χ3n) is 3.06. The Balaban J connectivity index is 0.00000400. The molecule has 0 heterocycles. The Morgan fingerprint density at radius 2 is 1.95 bits per heavy atom. The van der Waals surface area contributed by atoms with E-state index in [9.17, 15) is 4.79 Å². The van der Waals surface area contributed by atoms with E-state index in [0.29, 0.717) is 12.5 Å². The molecular formula is C16H27ClN2O2. The van der Waals surface area contributed by atoms with E-state index in [1.807, 2.05) is 25.1 Å². The van der Waals surface area contributed by atoms with E-state index in [0.717, 1.165) is 18.8 Å². The molecule has 4 nitrogen and oxygen atoms in total. The largest absolute Gasteiger partial charge is 0.481 e. The molecule has 0 aliphatic carbocycles. The second-order valence-electron chi connectivity index (χ2n) is 5.13. The molecule has 0 radical (unpaired) electrons. The van der Waals surface area contributed by atoms with Crippen molar-refractivity contribution < 1.29 is 9.53 Å². The molecule has 1 amide bonds. The highest BCUT2D eigenvalue weighted by molar-refractivity contribution is 5.85. The summed E-state index contributed by atoms with van der Waals surface area (Å²) in [6.45, 7) is 10.4. The second kappa shape index (κ2) is 10.5. The molecule has 0 aliphatic heterocycles. The van der Waals surface area contributed by atoms with Crippen LogP contribution in [0.4, 0.5) is 0 Å². The van der Waals surface area contributed by atoms with E-state index in [-0.39, 0.29) is 18.3 Å². The lowest BCUT2D eigenvalue weighted by Crippen LogP contribution is -2.39. The fourth-order valence-electron chi connectivity index (χ4n) is 1.80. The monoisotopic (exact) mass is 314 g/mol. The van der Waals surface area contributed by atoms with Crippen molar-refractivity contribution in [1.82, 2.24) is 10.6 Å². The van der Waals surface area contributed by atoms with Crippen molar-refractivity contribution in [3.63, 3.8) is 0 Å². The molecule has 1 aromatic carbocycles. The third kappa shape index (κ3) is 7.34. The normalized spacial score (nSPS) is 11.7. The Morgan fingerprint density at radius 3 is 2.57 bits per heavy atom. The molecule has 1 aromatic rings. The zero-order valence-corrected chi connectivity index (χ0v) is 14.1. The summed E-state index contributed by atoms with van der Waals surface area (Å²) in [4.78, 5) is 11.9. The highest BCUT2D eigenvalue weighted by Crippen LogP contribution is 2.20. The average Bonchev–Trinajstić information content (AvgIpc) is 2.43. The van der Waals surface area contributed by atoms with Crippen LogP contribution in [0.15, 0.2) is 24.3 Å². The number of carbonyl (C=O) groups is 1. The summed E-state index contributed by atoms with van der Waals surface area (Å²) in [5, 5.41) is 6.01. The number of carbonyl (C=O) groups excluding carboxylic acids is 1. The first-order valence-corrected chi connectivity index (χ1v) is 7.29. The van der Waals surface area contributed by atoms with Crippen LogP contribution in [-0.4, -0.2) is 31.6 Å². The van der Waals surface area contributed by atoms with Crippen molar-refractivity contribution in [2.24, 2.45) is 0 Å². The van der Waals surface area contributed by atoms with Gasteiger partial charge in [0.25, 0.3) is 5.91 Å². The summed E-state index contributed by atoms with van der Waals surface area (Å²) in [7, 11) is 0. The van der Waals surface area contributed by atoms with Gasteiger partial charge in [-0.1, -0.05) is 32.9 Å². The van der Waals surface area contributed by atoms with Crippen LogP contribution in [0.5, 0.6) is 5.75 Å². The van der Waals surface area contributed by atoms with Crippen molar-refractivity contribution in [1.29, 1.82) is 0 Å². The van der Waals surface area contributed by atoms with Crippen molar-refractivity contribution in [3.05, 3.63) is 29.8 Å². The van der Waals surface area contributed by atoms with Crippen LogP contribution in [0.3, 0.4) is 0 Å². The van der Waals surface area contributed by atoms with Gasteiger partial charge in [0.15, 0.2) is 6.10 Å². The summed E-state index contributed by atoms with van der Waals surface area (Å²) in [5.74, 6) is 1.10. The first kappa shape index (κ1) is 19.7. The number of hydrogen-bond donors (Lipinski definition) is 2. The molecule has 1 atom stereocenters. The summed E-state index contributed by atoms with van der Waals surface area (Å²) >= 11 is 0. The van der Waals surface area contributed by atoms with Gasteiger partial charge in [-0.3, -0.25) is 4.79 Å². The van der Waals surface area contributed by atoms with Gasteiger partial charge in [-0.15, -0.1) is 12.4 Å². The molecular weight excluding hydrogens is 288 g/mol. The average molecular weight is 315 g/mol. The fourth-order valence-corrected chi connectivity index (χ4v) is 1.80. The number of ether oxygens (including phenoxy) is 1. The number of nitrogens with one attached hydrogen (secondary N) is 2. The Kier molecular flexibility index (Phi) is 9.84. The standard InChI is InChI=1S/C16H26N2O2.ClH/c1-5-17-9-10-18-16(19)13(4)20-15-8-6-7-14(11-15)12(2)3;/h6-8,11-13,17H,5,9-10H2,1-4H3,(H,18,19);1H. The first-order valence-electron chi connectivity index (χ1n) is 7.29. The van der Waals surface area contributed by atoms with Gasteiger partial charge in [0.1, 0.15) is 5.75 Å². The highest BCUT2D eigenvalue weighted by atomic mass is 35.5. The van der Waals surface area contributed by atoms with Crippen molar-refractivity contribution in [2.45, 2.75) is 39.7 Å². The quantitative estimate of drug-likeness (QED) is 0.725. The number of halogens is 1. The Labute approximate surface area is 134 Å². The molecule has 120 valence electrons. The minimum atomic E-state index is -0.487. The maximum absolute atomic E-state index is 11.9. The molecule has 0 bridgehead atoms. The van der Waals surface area contributed by atoms with E-state index < -0.39 is 6.10 Å². The number of rotatable bonds is 8. The molecule has 0 saturated carbocycles. The summed E-state index contributed by atoms with van der Waals surface area (Å²) in [5.41, 5.74) is 1.21. The maximum atomic E-state index is 11.9. The van der Waals surface area contributed by atoms with Gasteiger partial charge in [0.05, 0.1) is 0 Å². The zero-order valence-electron chi connectivity index (χ0n) is 13.3. The summed E-state index contributed by atoms with van der Waals surface area (Å²) in [6, 6.07) is 7.90. The van der Waals surface area contributed by atoms with Crippen LogP contribution >= 0.6 is 12.4 Å². The van der Waals surface area contributed by atoms with E-state index in [1.54, 1.807) is 6.92 Å². The molecule has 1 unspecified atom stereocenters. The van der Waals surface area contributed by atoms with Crippen LogP contribution in [0.2, 0.25) is 0 Å². The van der Waals surface area contributed by atoms with Crippen molar-refractivity contribution in [2.75, 3.05) is 19.6 Å². The molecule has 0 aromatic heterocycles. The first-order chi connectivity index (χ1) is 9.54. The maximum Gasteiger partial charge on any atom is 0.260 e. The Hall–Kier alpha value is -1.26. The molecule has 0 aliphatic rings. The van der Waals surface area contributed by atoms with Crippen LogP contribution in [0, 0.1) is 0 Å². The van der Waals surface area contributed by atoms with Gasteiger partial charge >= 0.3 is 0 Å². The van der Waals surface area contributed by atoms with E-state index in [1.165, 1.54) is 5.56 Å². The molecule has 5 heteroatoms.